The van der Waals surface area contributed by atoms with Crippen LogP contribution >= 0.6 is 0 Å². The van der Waals surface area contributed by atoms with E-state index in [4.69, 9.17) is 14.9 Å². The third kappa shape index (κ3) is 5.98. The molecule has 0 atom stereocenters. The van der Waals surface area contributed by atoms with Gasteiger partial charge in [-0.05, 0) is 26.3 Å². The summed E-state index contributed by atoms with van der Waals surface area (Å²) in [4.78, 5) is 21.3. The summed E-state index contributed by atoms with van der Waals surface area (Å²) >= 11 is 0. The topological polar surface area (TPSA) is 83.8 Å². The van der Waals surface area contributed by atoms with Gasteiger partial charge in [-0.25, -0.2) is 9.59 Å². The van der Waals surface area contributed by atoms with Crippen LogP contribution in [-0.4, -0.2) is 35.4 Å². The molecule has 0 rings (SSSR count). The van der Waals surface area contributed by atoms with Gasteiger partial charge in [0.1, 0.15) is 0 Å². The highest BCUT2D eigenvalue weighted by atomic mass is 16.5. The van der Waals surface area contributed by atoms with E-state index in [2.05, 4.69) is 0 Å². The molecule has 5 nitrogen and oxygen atoms in total. The molecule has 0 saturated heterocycles. The van der Waals surface area contributed by atoms with Crippen LogP contribution in [0.25, 0.3) is 0 Å². The van der Waals surface area contributed by atoms with Crippen LogP contribution in [0.2, 0.25) is 0 Å². The number of hydrogen-bond acceptors (Lipinski definition) is 3. The zero-order chi connectivity index (χ0) is 12.6. The Kier molecular flexibility index (Phi) is 6.87. The molecule has 0 aliphatic rings. The zero-order valence-corrected chi connectivity index (χ0v) is 9.40. The Morgan fingerprint density at radius 2 is 1.88 bits per heavy atom. The van der Waals surface area contributed by atoms with Gasteiger partial charge in [-0.15, -0.1) is 0 Å². The standard InChI is InChI=1S/C11H16O5/c1-3-16-6-4-5-9(11(14)15)7-8(2)10(12)13/h5,7H,3-4,6H2,1-2H3,(H,12,13)(H,14,15). The lowest BCUT2D eigenvalue weighted by Crippen LogP contribution is -2.03. The van der Waals surface area contributed by atoms with Crippen molar-refractivity contribution in [2.45, 2.75) is 20.3 Å². The van der Waals surface area contributed by atoms with Gasteiger partial charge in [-0.3, -0.25) is 0 Å². The van der Waals surface area contributed by atoms with Gasteiger partial charge in [0.2, 0.25) is 0 Å². The van der Waals surface area contributed by atoms with Gasteiger partial charge in [0.15, 0.2) is 0 Å². The molecule has 0 aromatic heterocycles. The van der Waals surface area contributed by atoms with Crippen LogP contribution in [-0.2, 0) is 14.3 Å². The van der Waals surface area contributed by atoms with Crippen molar-refractivity contribution < 1.29 is 24.5 Å². The lowest BCUT2D eigenvalue weighted by atomic mass is 10.1. The first-order valence-electron chi connectivity index (χ1n) is 4.91. The van der Waals surface area contributed by atoms with Gasteiger partial charge in [-0.1, -0.05) is 6.08 Å². The van der Waals surface area contributed by atoms with Crippen molar-refractivity contribution >= 4 is 11.9 Å². The van der Waals surface area contributed by atoms with Crippen LogP contribution in [0, 0.1) is 0 Å². The fourth-order valence-corrected chi connectivity index (χ4v) is 0.945. The minimum Gasteiger partial charge on any atom is -0.478 e. The Morgan fingerprint density at radius 3 is 2.31 bits per heavy atom. The molecule has 2 N–H and O–H groups in total. The van der Waals surface area contributed by atoms with Gasteiger partial charge >= 0.3 is 11.9 Å². The second-order valence-electron chi connectivity index (χ2n) is 3.08. The normalized spacial score (nSPS) is 12.6. The van der Waals surface area contributed by atoms with E-state index in [1.165, 1.54) is 13.0 Å². The monoisotopic (exact) mass is 228 g/mol. The maximum atomic E-state index is 10.8. The van der Waals surface area contributed by atoms with E-state index in [0.717, 1.165) is 6.08 Å². The fourth-order valence-electron chi connectivity index (χ4n) is 0.945. The number of rotatable bonds is 7. The summed E-state index contributed by atoms with van der Waals surface area (Å²) in [6.45, 7) is 4.19. The third-order valence-electron chi connectivity index (χ3n) is 1.79. The van der Waals surface area contributed by atoms with Crippen molar-refractivity contribution in [1.82, 2.24) is 0 Å². The highest BCUT2D eigenvalue weighted by Gasteiger charge is 2.07. The second kappa shape index (κ2) is 7.64. The Hall–Kier alpha value is -1.62. The number of carboxylic acid groups (broad SMARTS) is 2. The Bertz CT molecular complexity index is 314. The molecule has 0 bridgehead atoms. The Balaban J connectivity index is 4.56. The Morgan fingerprint density at radius 1 is 1.25 bits per heavy atom. The van der Waals surface area contributed by atoms with Crippen LogP contribution in [0.4, 0.5) is 0 Å². The summed E-state index contributed by atoms with van der Waals surface area (Å²) < 4.78 is 5.04. The van der Waals surface area contributed by atoms with E-state index in [9.17, 15) is 9.59 Å². The minimum atomic E-state index is -1.14. The molecule has 0 radical (unpaired) electrons. The van der Waals surface area contributed by atoms with Gasteiger partial charge in [0.25, 0.3) is 0 Å². The average molecular weight is 228 g/mol. The molecule has 0 heterocycles. The first-order chi connectivity index (χ1) is 7.49. The van der Waals surface area contributed by atoms with Crippen molar-refractivity contribution in [1.29, 1.82) is 0 Å². The van der Waals surface area contributed by atoms with Crippen LogP contribution < -0.4 is 0 Å². The maximum Gasteiger partial charge on any atom is 0.335 e. The van der Waals surface area contributed by atoms with Gasteiger partial charge in [0, 0.05) is 12.2 Å². The SMILES string of the molecule is CCOCCC=C(C=C(C)C(=O)O)C(=O)O. The van der Waals surface area contributed by atoms with E-state index in [1.807, 2.05) is 6.92 Å². The van der Waals surface area contributed by atoms with Gasteiger partial charge < -0.3 is 14.9 Å². The highest BCUT2D eigenvalue weighted by molar-refractivity contribution is 5.94. The molecular formula is C11H16O5. The summed E-state index contributed by atoms with van der Waals surface area (Å²) in [7, 11) is 0. The number of hydrogen-bond donors (Lipinski definition) is 2. The van der Waals surface area contributed by atoms with E-state index in [-0.39, 0.29) is 11.1 Å². The number of aliphatic carboxylic acids is 2. The summed E-state index contributed by atoms with van der Waals surface area (Å²) in [5.41, 5.74) is -0.0373. The smallest absolute Gasteiger partial charge is 0.335 e. The lowest BCUT2D eigenvalue weighted by molar-refractivity contribution is -0.132. The van der Waals surface area contributed by atoms with E-state index >= 15 is 0 Å². The molecule has 16 heavy (non-hydrogen) atoms. The van der Waals surface area contributed by atoms with E-state index in [1.54, 1.807) is 0 Å². The third-order valence-corrected chi connectivity index (χ3v) is 1.79. The quantitative estimate of drug-likeness (QED) is 0.391. The number of carbonyl (C=O) groups is 2. The first kappa shape index (κ1) is 14.4. The minimum absolute atomic E-state index is 0.00920. The van der Waals surface area contributed by atoms with Crippen LogP contribution in [0.1, 0.15) is 20.3 Å². The van der Waals surface area contributed by atoms with Gasteiger partial charge in [0.05, 0.1) is 12.2 Å². The molecule has 0 unspecified atom stereocenters. The molecule has 5 heteroatoms. The zero-order valence-electron chi connectivity index (χ0n) is 9.40. The van der Waals surface area contributed by atoms with Crippen molar-refractivity contribution in [3.05, 3.63) is 23.3 Å². The second-order valence-corrected chi connectivity index (χ2v) is 3.08. The first-order valence-corrected chi connectivity index (χ1v) is 4.91. The largest absolute Gasteiger partial charge is 0.478 e. The van der Waals surface area contributed by atoms with Crippen LogP contribution in [0.3, 0.4) is 0 Å². The van der Waals surface area contributed by atoms with Crippen LogP contribution in [0.15, 0.2) is 23.3 Å². The molecule has 0 spiro atoms. The summed E-state index contributed by atoms with van der Waals surface area (Å²) in [5, 5.41) is 17.4. The number of ether oxygens (including phenoxy) is 1. The van der Waals surface area contributed by atoms with Gasteiger partial charge in [-0.2, -0.15) is 0 Å². The van der Waals surface area contributed by atoms with Crippen molar-refractivity contribution in [2.24, 2.45) is 0 Å². The predicted octanol–water partition coefficient (Wildman–Crippen LogP) is 1.45. The summed E-state index contributed by atoms with van der Waals surface area (Å²) in [5.74, 6) is -2.27. The summed E-state index contributed by atoms with van der Waals surface area (Å²) in [6.07, 6.45) is 3.03. The molecule has 0 aliphatic heterocycles. The molecule has 90 valence electrons. The van der Waals surface area contributed by atoms with Crippen molar-refractivity contribution in [3.63, 3.8) is 0 Å². The van der Waals surface area contributed by atoms with E-state index in [0.29, 0.717) is 19.6 Å². The predicted molar refractivity (Wildman–Crippen MR) is 58.2 cm³/mol. The van der Waals surface area contributed by atoms with E-state index < -0.39 is 11.9 Å². The molecule has 0 aromatic carbocycles. The fraction of sp³-hybridized carbons (Fsp3) is 0.455. The highest BCUT2D eigenvalue weighted by Crippen LogP contribution is 2.05. The maximum absolute atomic E-state index is 10.8. The molecular weight excluding hydrogens is 212 g/mol. The molecule has 0 saturated carbocycles. The van der Waals surface area contributed by atoms with Crippen molar-refractivity contribution in [2.75, 3.05) is 13.2 Å². The summed E-state index contributed by atoms with van der Waals surface area (Å²) in [6, 6.07) is 0. The molecule has 0 fully saturated rings. The molecule has 0 aromatic rings. The molecule has 0 amide bonds. The van der Waals surface area contributed by atoms with Crippen molar-refractivity contribution in [3.8, 4) is 0 Å². The lowest BCUT2D eigenvalue weighted by Gasteiger charge is -1.99. The Labute approximate surface area is 94.0 Å². The molecule has 0 aliphatic carbocycles. The average Bonchev–Trinajstić information content (AvgIpc) is 2.21. The number of carboxylic acids is 2. The van der Waals surface area contributed by atoms with Crippen LogP contribution in [0.5, 0.6) is 0 Å².